The predicted octanol–water partition coefficient (Wildman–Crippen LogP) is 3.58. The van der Waals surface area contributed by atoms with E-state index < -0.39 is 9.85 Å². The molecule has 0 saturated carbocycles. The average Bonchev–Trinajstić information content (AvgIpc) is 2.27. The summed E-state index contributed by atoms with van der Waals surface area (Å²) < 4.78 is 0. The van der Waals surface area contributed by atoms with Gasteiger partial charge in [0.1, 0.15) is 0 Å². The number of nitro groups is 2. The zero-order chi connectivity index (χ0) is 13.9. The Labute approximate surface area is 105 Å². The Kier molecular flexibility index (Phi) is 4.00. The first kappa shape index (κ1) is 14.1. The molecule has 0 aliphatic rings. The first-order valence-corrected chi connectivity index (χ1v) is 5.73. The number of hydrogen-bond donors (Lipinski definition) is 0. The molecule has 0 unspecified atom stereocenters. The van der Waals surface area contributed by atoms with Gasteiger partial charge in [-0.2, -0.15) is 0 Å². The highest BCUT2D eigenvalue weighted by Gasteiger charge is 2.30. The lowest BCUT2D eigenvalue weighted by atomic mass is 9.80. The molecule has 0 aliphatic carbocycles. The summed E-state index contributed by atoms with van der Waals surface area (Å²) in [4.78, 5) is 20.5. The number of benzene rings is 1. The van der Waals surface area contributed by atoms with Gasteiger partial charge in [0.15, 0.2) is 0 Å². The summed E-state index contributed by atoms with van der Waals surface area (Å²) in [5.74, 6) is 0. The first-order valence-electron chi connectivity index (χ1n) is 5.73. The lowest BCUT2D eigenvalue weighted by molar-refractivity contribution is -0.394. The second-order valence-corrected chi connectivity index (χ2v) is 4.85. The van der Waals surface area contributed by atoms with Gasteiger partial charge in [-0.3, -0.25) is 20.2 Å². The van der Waals surface area contributed by atoms with Gasteiger partial charge in [-0.25, -0.2) is 0 Å². The predicted molar refractivity (Wildman–Crippen MR) is 67.7 cm³/mol. The topological polar surface area (TPSA) is 86.3 Å². The third-order valence-corrected chi connectivity index (χ3v) is 2.99. The average molecular weight is 252 g/mol. The fraction of sp³-hybridized carbons (Fsp3) is 0.500. The molecule has 1 rings (SSSR count). The van der Waals surface area contributed by atoms with Gasteiger partial charge >= 0.3 is 0 Å². The molecule has 1 aromatic rings. The van der Waals surface area contributed by atoms with E-state index in [0.29, 0.717) is 5.56 Å². The third-order valence-electron chi connectivity index (χ3n) is 2.99. The quantitative estimate of drug-likeness (QED) is 0.592. The van der Waals surface area contributed by atoms with Crippen LogP contribution in [0.15, 0.2) is 18.2 Å². The van der Waals surface area contributed by atoms with Crippen molar-refractivity contribution in [2.24, 2.45) is 0 Å². The molecule has 0 saturated heterocycles. The van der Waals surface area contributed by atoms with E-state index in [1.807, 2.05) is 20.8 Å². The van der Waals surface area contributed by atoms with Crippen LogP contribution >= 0.6 is 0 Å². The van der Waals surface area contributed by atoms with Crippen molar-refractivity contribution in [2.45, 2.75) is 39.0 Å². The Morgan fingerprint density at radius 2 is 1.78 bits per heavy atom. The van der Waals surface area contributed by atoms with E-state index in [-0.39, 0.29) is 16.8 Å². The molecule has 0 radical (unpaired) electrons. The Hall–Kier alpha value is -1.98. The van der Waals surface area contributed by atoms with Crippen LogP contribution in [0.4, 0.5) is 11.4 Å². The molecule has 0 bridgehead atoms. The summed E-state index contributed by atoms with van der Waals surface area (Å²) in [6.07, 6.45) is 1.67. The molecule has 0 atom stereocenters. The van der Waals surface area contributed by atoms with E-state index in [4.69, 9.17) is 0 Å². The van der Waals surface area contributed by atoms with Crippen molar-refractivity contribution in [1.29, 1.82) is 0 Å². The fourth-order valence-corrected chi connectivity index (χ4v) is 2.12. The van der Waals surface area contributed by atoms with Crippen LogP contribution in [0, 0.1) is 20.2 Å². The third kappa shape index (κ3) is 2.82. The number of hydrogen-bond acceptors (Lipinski definition) is 4. The van der Waals surface area contributed by atoms with Gasteiger partial charge in [0.2, 0.25) is 0 Å². The molecule has 0 aliphatic heterocycles. The monoisotopic (exact) mass is 252 g/mol. The SMILES string of the molecule is CCCC(C)(C)c1ccc([N+](=O)[O-])cc1[N+](=O)[O-]. The second-order valence-electron chi connectivity index (χ2n) is 4.85. The highest BCUT2D eigenvalue weighted by Crippen LogP contribution is 2.36. The Morgan fingerprint density at radius 1 is 1.17 bits per heavy atom. The van der Waals surface area contributed by atoms with Crippen molar-refractivity contribution in [3.63, 3.8) is 0 Å². The minimum atomic E-state index is -0.621. The zero-order valence-corrected chi connectivity index (χ0v) is 10.7. The second kappa shape index (κ2) is 5.12. The number of rotatable bonds is 5. The van der Waals surface area contributed by atoms with Crippen molar-refractivity contribution >= 4 is 11.4 Å². The molecule has 98 valence electrons. The van der Waals surface area contributed by atoms with E-state index in [1.165, 1.54) is 12.1 Å². The number of nitro benzene ring substituents is 2. The highest BCUT2D eigenvalue weighted by molar-refractivity contribution is 5.52. The van der Waals surface area contributed by atoms with Crippen LogP contribution < -0.4 is 0 Å². The van der Waals surface area contributed by atoms with Crippen LogP contribution in [0.1, 0.15) is 39.2 Å². The molecule has 0 spiro atoms. The fourth-order valence-electron chi connectivity index (χ4n) is 2.12. The summed E-state index contributed by atoms with van der Waals surface area (Å²) in [5.41, 5.74) is -0.257. The van der Waals surface area contributed by atoms with Gasteiger partial charge in [0.25, 0.3) is 11.4 Å². The van der Waals surface area contributed by atoms with Crippen molar-refractivity contribution in [3.8, 4) is 0 Å². The molecular formula is C12H16N2O4. The minimum absolute atomic E-state index is 0.178. The standard InChI is InChI=1S/C12H16N2O4/c1-4-7-12(2,3)10-6-5-9(13(15)16)8-11(10)14(17)18/h5-6,8H,4,7H2,1-3H3. The molecule has 0 N–H and O–H groups in total. The first-order chi connectivity index (χ1) is 8.29. The maximum absolute atomic E-state index is 11.0. The largest absolute Gasteiger partial charge is 0.280 e. The zero-order valence-electron chi connectivity index (χ0n) is 10.7. The molecule has 0 aromatic heterocycles. The van der Waals surface area contributed by atoms with Crippen molar-refractivity contribution in [1.82, 2.24) is 0 Å². The van der Waals surface area contributed by atoms with Crippen LogP contribution in [-0.4, -0.2) is 9.85 Å². The van der Waals surface area contributed by atoms with E-state index in [1.54, 1.807) is 0 Å². The molecule has 6 heteroatoms. The van der Waals surface area contributed by atoms with Gasteiger partial charge < -0.3 is 0 Å². The van der Waals surface area contributed by atoms with Crippen LogP contribution in [0.25, 0.3) is 0 Å². The van der Waals surface area contributed by atoms with Gasteiger partial charge in [-0.15, -0.1) is 0 Å². The lowest BCUT2D eigenvalue weighted by Gasteiger charge is -2.24. The lowest BCUT2D eigenvalue weighted by Crippen LogP contribution is -2.18. The van der Waals surface area contributed by atoms with Gasteiger partial charge in [-0.1, -0.05) is 27.2 Å². The normalized spacial score (nSPS) is 11.3. The molecular weight excluding hydrogens is 236 g/mol. The summed E-state index contributed by atoms with van der Waals surface area (Å²) in [7, 11) is 0. The smallest absolute Gasteiger partial charge is 0.258 e. The van der Waals surface area contributed by atoms with Gasteiger partial charge in [0.05, 0.1) is 15.9 Å². The van der Waals surface area contributed by atoms with Gasteiger partial charge in [-0.05, 0) is 17.9 Å². The number of nitrogens with zero attached hydrogens (tertiary/aromatic N) is 2. The Bertz CT molecular complexity index is 483. The molecule has 0 heterocycles. The van der Waals surface area contributed by atoms with Crippen molar-refractivity contribution < 1.29 is 9.85 Å². The molecule has 18 heavy (non-hydrogen) atoms. The molecule has 0 amide bonds. The highest BCUT2D eigenvalue weighted by atomic mass is 16.6. The summed E-state index contributed by atoms with van der Waals surface area (Å²) in [6.45, 7) is 5.81. The van der Waals surface area contributed by atoms with Crippen molar-refractivity contribution in [2.75, 3.05) is 0 Å². The van der Waals surface area contributed by atoms with Crippen LogP contribution in [0.3, 0.4) is 0 Å². The summed E-state index contributed by atoms with van der Waals surface area (Å²) in [5, 5.41) is 21.7. The maximum Gasteiger partial charge on any atom is 0.280 e. The Balaban J connectivity index is 3.36. The van der Waals surface area contributed by atoms with Crippen LogP contribution in [0.2, 0.25) is 0 Å². The van der Waals surface area contributed by atoms with Crippen molar-refractivity contribution in [3.05, 3.63) is 44.0 Å². The van der Waals surface area contributed by atoms with E-state index in [9.17, 15) is 20.2 Å². The summed E-state index contributed by atoms with van der Waals surface area (Å²) >= 11 is 0. The van der Waals surface area contributed by atoms with Crippen LogP contribution in [0.5, 0.6) is 0 Å². The maximum atomic E-state index is 11.0. The molecule has 1 aromatic carbocycles. The van der Waals surface area contributed by atoms with E-state index in [0.717, 1.165) is 18.9 Å². The van der Waals surface area contributed by atoms with Gasteiger partial charge in [0, 0.05) is 11.6 Å². The number of non-ortho nitro benzene ring substituents is 1. The van der Waals surface area contributed by atoms with Crippen LogP contribution in [-0.2, 0) is 5.41 Å². The summed E-state index contributed by atoms with van der Waals surface area (Å²) in [6, 6.07) is 3.85. The Morgan fingerprint density at radius 3 is 2.22 bits per heavy atom. The molecule has 0 fully saturated rings. The van der Waals surface area contributed by atoms with E-state index >= 15 is 0 Å². The molecule has 6 nitrogen and oxygen atoms in total. The minimum Gasteiger partial charge on any atom is -0.258 e. The van der Waals surface area contributed by atoms with E-state index in [2.05, 4.69) is 0 Å².